The van der Waals surface area contributed by atoms with Crippen LogP contribution in [0.25, 0.3) is 84.4 Å². The number of aromatic nitrogens is 1. The van der Waals surface area contributed by atoms with Crippen LogP contribution in [0.1, 0.15) is 4.79 Å². The topological polar surface area (TPSA) is 48.3 Å². The van der Waals surface area contributed by atoms with Crippen LogP contribution in [0.5, 0.6) is 0 Å². The molecule has 0 aliphatic rings. The standard InChI is InChI=1S/C41H25NO3S2/c1-2-39(44)45-23-38(43)42-34-19-17-24(26-11-7-13-30-28-9-3-5-15-36(28)46-40(26)30)21-32(34)33-22-25(18-20-35(33)42)27-12-8-14-31-29-10-4-6-16-37(29)47-41(27)31/h2-22H,1,23H2. The van der Waals surface area contributed by atoms with Crippen molar-refractivity contribution in [1.82, 2.24) is 4.57 Å². The highest BCUT2D eigenvalue weighted by Crippen LogP contribution is 2.43. The Morgan fingerprint density at radius 1 is 0.596 bits per heavy atom. The zero-order chi connectivity index (χ0) is 31.6. The Morgan fingerprint density at radius 3 is 1.60 bits per heavy atom. The van der Waals surface area contributed by atoms with Crippen LogP contribution in [0, 0.1) is 0 Å². The first-order valence-electron chi connectivity index (χ1n) is 15.3. The van der Waals surface area contributed by atoms with E-state index in [4.69, 9.17) is 4.74 Å². The Morgan fingerprint density at radius 2 is 1.09 bits per heavy atom. The minimum Gasteiger partial charge on any atom is -0.452 e. The van der Waals surface area contributed by atoms with Crippen molar-refractivity contribution in [2.24, 2.45) is 0 Å². The number of ether oxygens (including phenoxy) is 1. The molecule has 9 rings (SSSR count). The molecule has 0 saturated carbocycles. The summed E-state index contributed by atoms with van der Waals surface area (Å²) in [6.07, 6.45) is 1.07. The second-order valence-electron chi connectivity index (χ2n) is 11.6. The number of rotatable bonds is 5. The van der Waals surface area contributed by atoms with Crippen molar-refractivity contribution in [3.63, 3.8) is 0 Å². The summed E-state index contributed by atoms with van der Waals surface area (Å²) in [5.41, 5.74) is 6.01. The van der Waals surface area contributed by atoms with Crippen LogP contribution in [0.4, 0.5) is 0 Å². The van der Waals surface area contributed by atoms with Crippen LogP contribution in [0.15, 0.2) is 134 Å². The zero-order valence-corrected chi connectivity index (χ0v) is 26.7. The molecule has 0 aliphatic heterocycles. The number of esters is 1. The third-order valence-corrected chi connectivity index (χ3v) is 11.4. The van der Waals surface area contributed by atoms with Crippen LogP contribution < -0.4 is 0 Å². The normalized spacial score (nSPS) is 11.7. The van der Waals surface area contributed by atoms with Crippen molar-refractivity contribution in [2.75, 3.05) is 6.61 Å². The summed E-state index contributed by atoms with van der Waals surface area (Å²) in [6.45, 7) is 3.08. The smallest absolute Gasteiger partial charge is 0.330 e. The van der Waals surface area contributed by atoms with Crippen LogP contribution in [-0.4, -0.2) is 23.1 Å². The summed E-state index contributed by atoms with van der Waals surface area (Å²) in [6, 6.07) is 42.6. The molecule has 0 fully saturated rings. The molecule has 0 amide bonds. The number of benzene rings is 6. The molecule has 0 bridgehead atoms. The van der Waals surface area contributed by atoms with Gasteiger partial charge in [-0.3, -0.25) is 9.36 Å². The van der Waals surface area contributed by atoms with Gasteiger partial charge in [-0.2, -0.15) is 0 Å². The quantitative estimate of drug-likeness (QED) is 0.138. The number of carbonyl (C=O) groups excluding carboxylic acids is 2. The fraction of sp³-hybridized carbons (Fsp3) is 0.0244. The second kappa shape index (κ2) is 10.8. The molecular weight excluding hydrogens is 619 g/mol. The van der Waals surface area contributed by atoms with E-state index in [9.17, 15) is 9.59 Å². The van der Waals surface area contributed by atoms with Crippen molar-refractivity contribution in [1.29, 1.82) is 0 Å². The van der Waals surface area contributed by atoms with Gasteiger partial charge in [-0.1, -0.05) is 91.5 Å². The zero-order valence-electron chi connectivity index (χ0n) is 25.0. The lowest BCUT2D eigenvalue weighted by Crippen LogP contribution is -2.19. The molecule has 0 spiro atoms. The van der Waals surface area contributed by atoms with Gasteiger partial charge in [0.15, 0.2) is 6.61 Å². The van der Waals surface area contributed by atoms with Crippen molar-refractivity contribution < 1.29 is 14.3 Å². The van der Waals surface area contributed by atoms with E-state index < -0.39 is 5.97 Å². The third kappa shape index (κ3) is 4.33. The molecule has 0 N–H and O–H groups in total. The van der Waals surface area contributed by atoms with E-state index in [1.807, 2.05) is 12.1 Å². The molecule has 0 aliphatic carbocycles. The Hall–Kier alpha value is -5.56. The SMILES string of the molecule is C=CC(=O)OCC(=O)n1c2ccc(-c3cccc4c3sc3ccccc34)cc2c2cc(-c3cccc4c3sc3ccccc34)ccc21. The summed E-state index contributed by atoms with van der Waals surface area (Å²) in [7, 11) is 0. The lowest BCUT2D eigenvalue weighted by atomic mass is 9.98. The number of fused-ring (bicyclic) bond motifs is 9. The average molecular weight is 644 g/mol. The van der Waals surface area contributed by atoms with Gasteiger partial charge >= 0.3 is 5.97 Å². The van der Waals surface area contributed by atoms with Crippen LogP contribution in [0.2, 0.25) is 0 Å². The second-order valence-corrected chi connectivity index (χ2v) is 13.7. The summed E-state index contributed by atoms with van der Waals surface area (Å²) in [5, 5.41) is 6.92. The molecule has 0 radical (unpaired) electrons. The van der Waals surface area contributed by atoms with Gasteiger partial charge in [0.1, 0.15) is 0 Å². The van der Waals surface area contributed by atoms with Gasteiger partial charge in [0.25, 0.3) is 5.91 Å². The predicted molar refractivity (Wildman–Crippen MR) is 198 cm³/mol. The first-order chi connectivity index (χ1) is 23.1. The van der Waals surface area contributed by atoms with E-state index in [2.05, 4.69) is 116 Å². The van der Waals surface area contributed by atoms with Crippen molar-refractivity contribution in [2.45, 2.75) is 0 Å². The monoisotopic (exact) mass is 643 g/mol. The maximum Gasteiger partial charge on any atom is 0.330 e. The van der Waals surface area contributed by atoms with E-state index in [0.717, 1.165) is 50.1 Å². The molecule has 6 heteroatoms. The largest absolute Gasteiger partial charge is 0.452 e. The summed E-state index contributed by atoms with van der Waals surface area (Å²) in [5.74, 6) is -0.949. The molecule has 0 unspecified atom stereocenters. The van der Waals surface area contributed by atoms with Crippen LogP contribution in [0.3, 0.4) is 0 Å². The predicted octanol–water partition coefficient (Wildman–Crippen LogP) is 11.2. The Kier molecular flexibility index (Phi) is 6.35. The number of hydrogen-bond acceptors (Lipinski definition) is 5. The maximum atomic E-state index is 13.7. The van der Waals surface area contributed by atoms with Gasteiger partial charge < -0.3 is 4.74 Å². The molecule has 3 aromatic heterocycles. The number of thiophene rings is 2. The molecule has 6 aromatic carbocycles. The minimum absolute atomic E-state index is 0.320. The van der Waals surface area contributed by atoms with E-state index >= 15 is 0 Å². The highest BCUT2D eigenvalue weighted by atomic mass is 32.1. The summed E-state index contributed by atoms with van der Waals surface area (Å²) in [4.78, 5) is 25.5. The van der Waals surface area contributed by atoms with Crippen LogP contribution in [-0.2, 0) is 9.53 Å². The van der Waals surface area contributed by atoms with Crippen molar-refractivity contribution in [3.8, 4) is 22.3 Å². The number of carbonyl (C=O) groups is 2. The van der Waals surface area contributed by atoms with Crippen molar-refractivity contribution >= 4 is 96.7 Å². The lowest BCUT2D eigenvalue weighted by molar-refractivity contribution is -0.136. The highest BCUT2D eigenvalue weighted by molar-refractivity contribution is 7.26. The molecule has 224 valence electrons. The average Bonchev–Trinajstić information content (AvgIpc) is 3.79. The molecular formula is C41H25NO3S2. The van der Waals surface area contributed by atoms with E-state index in [0.29, 0.717) is 0 Å². The van der Waals surface area contributed by atoms with Gasteiger partial charge in [0.2, 0.25) is 0 Å². The minimum atomic E-state index is -0.628. The fourth-order valence-electron chi connectivity index (χ4n) is 6.83. The van der Waals surface area contributed by atoms with Gasteiger partial charge in [-0.15, -0.1) is 22.7 Å². The fourth-order valence-corrected chi connectivity index (χ4v) is 9.31. The highest BCUT2D eigenvalue weighted by Gasteiger charge is 2.20. The first kappa shape index (κ1) is 27.7. The lowest BCUT2D eigenvalue weighted by Gasteiger charge is -2.08. The third-order valence-electron chi connectivity index (χ3n) is 8.95. The Bertz CT molecular complexity index is 2590. The molecule has 0 atom stereocenters. The molecule has 9 aromatic rings. The Labute approximate surface area is 277 Å². The van der Waals surface area contributed by atoms with E-state index in [1.54, 1.807) is 27.2 Å². The van der Waals surface area contributed by atoms with E-state index in [1.165, 1.54) is 40.3 Å². The summed E-state index contributed by atoms with van der Waals surface area (Å²) < 4.78 is 11.9. The maximum absolute atomic E-state index is 13.7. The van der Waals surface area contributed by atoms with Gasteiger partial charge in [-0.05, 0) is 58.7 Å². The molecule has 4 nitrogen and oxygen atoms in total. The molecule has 47 heavy (non-hydrogen) atoms. The van der Waals surface area contributed by atoms with Gasteiger partial charge in [0, 0.05) is 57.2 Å². The Balaban J connectivity index is 1.28. The van der Waals surface area contributed by atoms with Crippen LogP contribution >= 0.6 is 22.7 Å². The van der Waals surface area contributed by atoms with Gasteiger partial charge in [-0.25, -0.2) is 4.79 Å². The molecule has 0 saturated heterocycles. The van der Waals surface area contributed by atoms with E-state index in [-0.39, 0.29) is 12.5 Å². The van der Waals surface area contributed by atoms with Crippen molar-refractivity contribution in [3.05, 3.63) is 134 Å². The summed E-state index contributed by atoms with van der Waals surface area (Å²) >= 11 is 3.60. The van der Waals surface area contributed by atoms with Gasteiger partial charge in [0.05, 0.1) is 11.0 Å². The first-order valence-corrected chi connectivity index (χ1v) is 16.9. The number of hydrogen-bond donors (Lipinski definition) is 0. The molecule has 3 heterocycles. The number of nitrogens with zero attached hydrogens (tertiary/aromatic N) is 1.